The highest BCUT2D eigenvalue weighted by molar-refractivity contribution is 5.90. The van der Waals surface area contributed by atoms with Crippen LogP contribution < -0.4 is 10.6 Å². The van der Waals surface area contributed by atoms with E-state index in [0.717, 1.165) is 27.9 Å². The smallest absolute Gasteiger partial charge is 0.243 e. The maximum absolute atomic E-state index is 14.0. The summed E-state index contributed by atoms with van der Waals surface area (Å²) in [6.45, 7) is 16.2. The number of nitrogens with zero attached hydrogens (tertiary/aromatic N) is 4. The van der Waals surface area contributed by atoms with Gasteiger partial charge >= 0.3 is 0 Å². The Morgan fingerprint density at radius 1 is 0.763 bits per heavy atom. The lowest BCUT2D eigenvalue weighted by molar-refractivity contribution is -0.144. The zero-order valence-electron chi connectivity index (χ0n) is 35.3. The molecule has 0 radical (unpaired) electrons. The fourth-order valence-corrected chi connectivity index (χ4v) is 7.64. The predicted molar refractivity (Wildman–Crippen MR) is 220 cm³/mol. The van der Waals surface area contributed by atoms with Crippen molar-refractivity contribution in [3.05, 3.63) is 83.8 Å². The number of rotatable bonds is 13. The lowest BCUT2D eigenvalue weighted by Crippen LogP contribution is -2.49. The second kappa shape index (κ2) is 17.5. The number of carbonyl (C=O) groups excluding carboxylic acids is 4. The molecular weight excluding hydrogens is 753 g/mol. The van der Waals surface area contributed by atoms with Crippen molar-refractivity contribution in [1.82, 2.24) is 30.4 Å². The average Bonchev–Trinajstić information content (AvgIpc) is 4.02. The standard InChI is InChI=1S/C45H58N6O8/c1-26(44(4,5)6)42(56)50-23-33(52)17-35(50)40(54)47-20-29-9-13-31(14-10-29)37-22-46-38(59-37)19-45(7,8)27(2)43(57)51-24-34(53)18-36(51)41(55)48-21-30-11-15-32(16-12-30)39-28(3)49-25-58-39/h9-16,22,25-27,33-36,52-53H,17-21,23-24H2,1-8H3,(H,47,54)(H,48,55)/t26?,27?,33-,34-,35?,36?/m1/s1. The van der Waals surface area contributed by atoms with Gasteiger partial charge in [-0.25, -0.2) is 9.97 Å². The Hall–Kier alpha value is -5.34. The summed E-state index contributed by atoms with van der Waals surface area (Å²) in [4.78, 5) is 65.4. The van der Waals surface area contributed by atoms with Crippen molar-refractivity contribution >= 4 is 23.6 Å². The Labute approximate surface area is 345 Å². The zero-order valence-corrected chi connectivity index (χ0v) is 35.3. The van der Waals surface area contributed by atoms with E-state index in [1.165, 1.54) is 16.2 Å². The van der Waals surface area contributed by atoms with Gasteiger partial charge in [0.15, 0.2) is 23.8 Å². The first-order valence-corrected chi connectivity index (χ1v) is 20.4. The van der Waals surface area contributed by atoms with Crippen molar-refractivity contribution in [1.29, 1.82) is 0 Å². The minimum absolute atomic E-state index is 0.0734. The lowest BCUT2D eigenvalue weighted by Gasteiger charge is -2.34. The molecule has 2 aromatic carbocycles. The molecule has 6 atom stereocenters. The first kappa shape index (κ1) is 43.2. The number of β-amino-alcohol motifs (C(OH)–C–C–N with tert-alkyl or cyclic N) is 2. The number of hydrogen-bond donors (Lipinski definition) is 4. The molecule has 0 spiro atoms. The van der Waals surface area contributed by atoms with Crippen molar-refractivity contribution in [2.45, 2.75) is 112 Å². The van der Waals surface area contributed by atoms with E-state index in [9.17, 15) is 29.4 Å². The number of benzene rings is 2. The van der Waals surface area contributed by atoms with E-state index in [1.54, 1.807) is 6.20 Å². The van der Waals surface area contributed by atoms with Gasteiger partial charge in [0.05, 0.1) is 24.1 Å². The number of nitrogens with one attached hydrogen (secondary N) is 2. The van der Waals surface area contributed by atoms with E-state index in [-0.39, 0.29) is 74.0 Å². The van der Waals surface area contributed by atoms with E-state index in [0.29, 0.717) is 23.8 Å². The van der Waals surface area contributed by atoms with Gasteiger partial charge in [0.2, 0.25) is 23.6 Å². The Morgan fingerprint density at radius 3 is 1.73 bits per heavy atom. The third kappa shape index (κ3) is 9.93. The average molecular weight is 811 g/mol. The van der Waals surface area contributed by atoms with Crippen LogP contribution in [-0.4, -0.2) is 91.0 Å². The Kier molecular flexibility index (Phi) is 12.8. The number of amides is 4. The zero-order chi connectivity index (χ0) is 42.8. The number of hydrogen-bond acceptors (Lipinski definition) is 10. The summed E-state index contributed by atoms with van der Waals surface area (Å²) < 4.78 is 11.6. The largest absolute Gasteiger partial charge is 0.443 e. The van der Waals surface area contributed by atoms with Gasteiger partial charge < -0.3 is 39.5 Å². The fraction of sp³-hybridized carbons (Fsp3) is 0.511. The molecule has 4 heterocycles. The van der Waals surface area contributed by atoms with Crippen molar-refractivity contribution in [2.24, 2.45) is 22.7 Å². The molecule has 2 aliphatic rings. The van der Waals surface area contributed by atoms with Crippen LogP contribution in [-0.2, 0) is 38.7 Å². The van der Waals surface area contributed by atoms with Gasteiger partial charge in [0, 0.05) is 68.4 Å². The second-order valence-electron chi connectivity index (χ2n) is 18.0. The van der Waals surface area contributed by atoms with Gasteiger partial charge in [0.1, 0.15) is 12.1 Å². The molecule has 4 N–H and O–H groups in total. The summed E-state index contributed by atoms with van der Waals surface area (Å²) in [6, 6.07) is 13.6. The molecule has 2 saturated heterocycles. The van der Waals surface area contributed by atoms with Gasteiger partial charge in [-0.2, -0.15) is 0 Å². The predicted octanol–water partition coefficient (Wildman–Crippen LogP) is 5.05. The van der Waals surface area contributed by atoms with Crippen LogP contribution in [0.3, 0.4) is 0 Å². The number of carbonyl (C=O) groups is 4. The van der Waals surface area contributed by atoms with Crippen LogP contribution in [0.4, 0.5) is 0 Å². The minimum atomic E-state index is -0.809. The third-order valence-corrected chi connectivity index (χ3v) is 12.2. The lowest BCUT2D eigenvalue weighted by atomic mass is 9.76. The number of aromatic nitrogens is 2. The number of aliphatic hydroxyl groups is 2. The van der Waals surface area contributed by atoms with Gasteiger partial charge in [-0.3, -0.25) is 19.2 Å². The molecule has 0 bridgehead atoms. The number of likely N-dealkylation sites (tertiary alicyclic amines) is 2. The maximum Gasteiger partial charge on any atom is 0.243 e. The summed E-state index contributed by atoms with van der Waals surface area (Å²) >= 11 is 0. The van der Waals surface area contributed by atoms with Crippen LogP contribution in [0.2, 0.25) is 0 Å². The van der Waals surface area contributed by atoms with Gasteiger partial charge in [-0.15, -0.1) is 0 Å². The molecule has 4 aromatic rings. The normalized spacial score (nSPS) is 20.7. The van der Waals surface area contributed by atoms with Crippen molar-refractivity contribution in [3.8, 4) is 22.6 Å². The first-order valence-electron chi connectivity index (χ1n) is 20.4. The highest BCUT2D eigenvalue weighted by Crippen LogP contribution is 2.36. The molecular formula is C45H58N6O8. The number of aliphatic hydroxyl groups excluding tert-OH is 2. The van der Waals surface area contributed by atoms with Gasteiger partial charge in [-0.1, -0.05) is 97.0 Å². The number of aryl methyl sites for hydroxylation is 1. The van der Waals surface area contributed by atoms with Crippen LogP contribution in [0.1, 0.15) is 84.0 Å². The van der Waals surface area contributed by atoms with Crippen LogP contribution in [0, 0.1) is 29.6 Å². The summed E-state index contributed by atoms with van der Waals surface area (Å²) in [5.41, 5.74) is 3.30. The molecule has 2 fully saturated rings. The van der Waals surface area contributed by atoms with E-state index in [1.807, 2.05) is 104 Å². The van der Waals surface area contributed by atoms with Crippen molar-refractivity contribution in [3.63, 3.8) is 0 Å². The molecule has 14 nitrogen and oxygen atoms in total. The van der Waals surface area contributed by atoms with Crippen LogP contribution in [0.25, 0.3) is 22.6 Å². The molecule has 59 heavy (non-hydrogen) atoms. The summed E-state index contributed by atoms with van der Waals surface area (Å²) in [5.74, 6) is -0.112. The SMILES string of the molecule is Cc1ncoc1-c1ccc(CNC(=O)C2C[C@@H](O)CN2C(=O)C(C)C(C)(C)Cc2ncc(-c3ccc(CNC(=O)C4C[C@@H](O)CN4C(=O)C(C)C(C)(C)C)cc3)o2)cc1. The first-order chi connectivity index (χ1) is 27.8. The molecule has 4 unspecified atom stereocenters. The fourth-order valence-electron chi connectivity index (χ4n) is 7.64. The second-order valence-corrected chi connectivity index (χ2v) is 18.0. The van der Waals surface area contributed by atoms with E-state index in [4.69, 9.17) is 8.83 Å². The Morgan fingerprint density at radius 2 is 1.25 bits per heavy atom. The molecule has 2 aliphatic heterocycles. The number of oxazole rings is 2. The highest BCUT2D eigenvalue weighted by atomic mass is 16.4. The highest BCUT2D eigenvalue weighted by Gasteiger charge is 2.44. The molecule has 2 aromatic heterocycles. The third-order valence-electron chi connectivity index (χ3n) is 12.2. The maximum atomic E-state index is 14.0. The van der Waals surface area contributed by atoms with Crippen LogP contribution in [0.5, 0.6) is 0 Å². The summed E-state index contributed by atoms with van der Waals surface area (Å²) in [5, 5.41) is 26.8. The molecule has 0 saturated carbocycles. The molecule has 14 heteroatoms. The minimum Gasteiger partial charge on any atom is -0.443 e. The molecule has 0 aliphatic carbocycles. The van der Waals surface area contributed by atoms with E-state index < -0.39 is 35.6 Å². The monoisotopic (exact) mass is 810 g/mol. The Bertz CT molecular complexity index is 2120. The van der Waals surface area contributed by atoms with Gasteiger partial charge in [0.25, 0.3) is 0 Å². The molecule has 4 amide bonds. The van der Waals surface area contributed by atoms with Gasteiger partial charge in [-0.05, 0) is 28.9 Å². The Balaban J connectivity index is 1.01. The van der Waals surface area contributed by atoms with Crippen molar-refractivity contribution < 1.29 is 38.2 Å². The summed E-state index contributed by atoms with van der Waals surface area (Å²) in [7, 11) is 0. The van der Waals surface area contributed by atoms with Crippen molar-refractivity contribution in [2.75, 3.05) is 13.1 Å². The molecule has 6 rings (SSSR count). The quantitative estimate of drug-likeness (QED) is 0.142. The van der Waals surface area contributed by atoms with Crippen LogP contribution >= 0.6 is 0 Å². The topological polar surface area (TPSA) is 191 Å². The van der Waals surface area contributed by atoms with Crippen LogP contribution in [0.15, 0.2) is 70.0 Å². The van der Waals surface area contributed by atoms with E-state index in [2.05, 4.69) is 20.6 Å². The summed E-state index contributed by atoms with van der Waals surface area (Å²) in [6.07, 6.45) is 2.20. The van der Waals surface area contributed by atoms with E-state index >= 15 is 0 Å². The molecule has 316 valence electrons.